The van der Waals surface area contributed by atoms with E-state index in [1.165, 1.54) is 18.2 Å². The van der Waals surface area contributed by atoms with Crippen LogP contribution in [0, 0.1) is 26.0 Å². The number of carbonyl (C=O) groups is 4. The van der Waals surface area contributed by atoms with Gasteiger partial charge in [0.2, 0.25) is 5.91 Å². The number of hydrogen-bond donors (Lipinski definition) is 5. The molecule has 3 aromatic rings. The Morgan fingerprint density at radius 2 is 1.30 bits per heavy atom. The van der Waals surface area contributed by atoms with Crippen LogP contribution in [0.3, 0.4) is 0 Å². The molecule has 2 aromatic carbocycles. The molecular formula is C38H44F10IN7O7. The Labute approximate surface area is 367 Å². The maximum Gasteiger partial charge on any atom is 0.407 e. The Morgan fingerprint density at radius 3 is 1.76 bits per heavy atom. The fourth-order valence-electron chi connectivity index (χ4n) is 5.83. The number of nitrogens with one attached hydrogen (secondary N) is 4. The number of aliphatic hydroxyl groups excluding tert-OH is 1. The van der Waals surface area contributed by atoms with Gasteiger partial charge in [-0.25, -0.2) is 32.2 Å². The first kappa shape index (κ1) is 52.4. The summed E-state index contributed by atoms with van der Waals surface area (Å²) in [6, 6.07) is 2.24. The van der Waals surface area contributed by atoms with E-state index in [4.69, 9.17) is 0 Å². The van der Waals surface area contributed by atoms with E-state index in [1.807, 2.05) is 33.3 Å². The van der Waals surface area contributed by atoms with Gasteiger partial charge in [0, 0.05) is 34.0 Å². The van der Waals surface area contributed by atoms with Crippen molar-refractivity contribution in [3.63, 3.8) is 0 Å². The van der Waals surface area contributed by atoms with E-state index in [0.29, 0.717) is 41.8 Å². The van der Waals surface area contributed by atoms with Crippen molar-refractivity contribution in [1.82, 2.24) is 36.2 Å². The van der Waals surface area contributed by atoms with Gasteiger partial charge < -0.3 is 30.5 Å². The number of halogens is 11. The van der Waals surface area contributed by atoms with Crippen molar-refractivity contribution in [2.24, 2.45) is 10.8 Å². The second-order valence-electron chi connectivity index (χ2n) is 15.2. The maximum absolute atomic E-state index is 15.8. The summed E-state index contributed by atoms with van der Waals surface area (Å²) in [4.78, 5) is 51.9. The third-order valence-electron chi connectivity index (χ3n) is 9.91. The normalized spacial score (nSPS) is 14.4. The summed E-state index contributed by atoms with van der Waals surface area (Å²) in [6.45, 7) is -0.726. The van der Waals surface area contributed by atoms with E-state index in [2.05, 4.69) is 19.9 Å². The number of hydrogen-bond acceptors (Lipinski definition) is 9. The number of amides is 4. The van der Waals surface area contributed by atoms with Crippen LogP contribution in [0.4, 0.5) is 53.5 Å². The van der Waals surface area contributed by atoms with Gasteiger partial charge >= 0.3 is 24.5 Å². The van der Waals surface area contributed by atoms with E-state index < -0.39 is 121 Å². The molecule has 14 nitrogen and oxygen atoms in total. The lowest BCUT2D eigenvalue weighted by Gasteiger charge is -2.38. The van der Waals surface area contributed by atoms with Gasteiger partial charge in [-0.1, -0.05) is 12.1 Å². The van der Waals surface area contributed by atoms with Crippen molar-refractivity contribution < 1.29 is 77.7 Å². The fraction of sp³-hybridized carbons (Fsp3) is 0.500. The van der Waals surface area contributed by atoms with Gasteiger partial charge in [-0.15, -0.1) is 0 Å². The van der Waals surface area contributed by atoms with E-state index in [-0.39, 0.29) is 11.3 Å². The first-order valence-corrected chi connectivity index (χ1v) is 19.5. The zero-order valence-corrected chi connectivity index (χ0v) is 36.4. The second kappa shape index (κ2) is 21.2. The Bertz CT molecular complexity index is 2050. The first-order valence-electron chi connectivity index (χ1n) is 18.4. The van der Waals surface area contributed by atoms with Gasteiger partial charge in [-0.3, -0.25) is 19.7 Å². The predicted molar refractivity (Wildman–Crippen MR) is 211 cm³/mol. The molecule has 0 aliphatic carbocycles. The van der Waals surface area contributed by atoms with Crippen molar-refractivity contribution in [2.45, 2.75) is 90.2 Å². The van der Waals surface area contributed by atoms with Crippen LogP contribution >= 0.6 is 22.6 Å². The minimum absolute atomic E-state index is 0.144. The standard InChI is InChI=1S/C38H44F10IN7O7/c1-35(2,37(43,44)45)29(51-33(60)62-5)31(58)50-26(13-19-7-9-21(49)10-8-19)27(57)17-56(54-32(59)30(52-34(61)63-6)36(3,4)38(46,47)48)16-22-23(39)14-20(15-24(22)40)25-11-12-55(53-25)18-28(41)42/h7-12,14-15,26-30,57H,13,16-18H2,1-6H3,(H,50,58)(H,51,60)(H,52,61)(H,54,59)/t26-,27-,29+,30+/m0/s1. The number of alkyl halides is 8. The molecule has 0 saturated carbocycles. The summed E-state index contributed by atoms with van der Waals surface area (Å²) in [6.07, 6.45) is -17.4. The van der Waals surface area contributed by atoms with Gasteiger partial charge in [0.15, 0.2) is 0 Å². The number of aliphatic hydroxyl groups is 1. The van der Waals surface area contributed by atoms with Crippen molar-refractivity contribution in [1.29, 1.82) is 0 Å². The second-order valence-corrected chi connectivity index (χ2v) is 16.4. The molecule has 0 aliphatic heterocycles. The van der Waals surface area contributed by atoms with Crippen LogP contribution in [0.5, 0.6) is 0 Å². The molecule has 0 fully saturated rings. The Morgan fingerprint density at radius 1 is 0.810 bits per heavy atom. The average Bonchev–Trinajstić information content (AvgIpc) is 3.64. The molecule has 0 spiro atoms. The Hall–Kier alpha value is -4.92. The van der Waals surface area contributed by atoms with Crippen molar-refractivity contribution in [3.8, 4) is 11.3 Å². The summed E-state index contributed by atoms with van der Waals surface area (Å²) in [5.74, 6) is -5.90. The van der Waals surface area contributed by atoms with Gasteiger partial charge in [0.25, 0.3) is 12.3 Å². The van der Waals surface area contributed by atoms with Crippen LogP contribution < -0.4 is 21.4 Å². The lowest BCUT2D eigenvalue weighted by atomic mass is 9.82. The first-order chi connectivity index (χ1) is 29.0. The van der Waals surface area contributed by atoms with E-state index >= 15 is 8.78 Å². The Kier molecular flexibility index (Phi) is 17.6. The van der Waals surface area contributed by atoms with Crippen molar-refractivity contribution in [3.05, 3.63) is 75.0 Å². The molecule has 0 saturated heterocycles. The van der Waals surface area contributed by atoms with Crippen LogP contribution in [-0.2, 0) is 38.6 Å². The summed E-state index contributed by atoms with van der Waals surface area (Å²) in [5, 5.41) is 22.0. The molecule has 3 rings (SSSR count). The molecule has 5 N–H and O–H groups in total. The zero-order valence-electron chi connectivity index (χ0n) is 34.2. The zero-order chi connectivity index (χ0) is 47.8. The maximum atomic E-state index is 15.8. The molecule has 0 bridgehead atoms. The number of methoxy groups -OCH3 is 2. The summed E-state index contributed by atoms with van der Waals surface area (Å²) < 4.78 is 154. The third-order valence-corrected chi connectivity index (χ3v) is 10.6. The lowest BCUT2D eigenvalue weighted by Crippen LogP contribution is -2.63. The number of benzene rings is 2. The molecule has 0 aliphatic rings. The smallest absolute Gasteiger partial charge is 0.407 e. The number of alkyl carbamates (subject to hydrolysis) is 2. The van der Waals surface area contributed by atoms with Crippen molar-refractivity contribution in [2.75, 3.05) is 20.8 Å². The molecule has 0 radical (unpaired) electrons. The Balaban J connectivity index is 2.16. The van der Waals surface area contributed by atoms with Gasteiger partial charge in [0.05, 0.1) is 42.9 Å². The molecule has 63 heavy (non-hydrogen) atoms. The minimum atomic E-state index is -5.20. The molecule has 0 unspecified atom stereocenters. The number of aromatic nitrogens is 2. The van der Waals surface area contributed by atoms with Crippen LogP contribution in [0.2, 0.25) is 0 Å². The highest BCUT2D eigenvalue weighted by Crippen LogP contribution is 2.42. The van der Waals surface area contributed by atoms with E-state index in [0.717, 1.165) is 37.2 Å². The highest BCUT2D eigenvalue weighted by Gasteiger charge is 2.57. The molecular weight excluding hydrogens is 983 g/mol. The van der Waals surface area contributed by atoms with Crippen LogP contribution in [0.1, 0.15) is 38.8 Å². The molecule has 1 aromatic heterocycles. The summed E-state index contributed by atoms with van der Waals surface area (Å²) >= 11 is 1.96. The minimum Gasteiger partial charge on any atom is -0.453 e. The highest BCUT2D eigenvalue weighted by atomic mass is 127. The largest absolute Gasteiger partial charge is 0.453 e. The SMILES string of the molecule is COC(=O)N[C@H](C(=O)N[C@@H](Cc1ccc(I)cc1)[C@@H](O)CN(Cc1c(F)cc(-c2ccn(CC(F)F)n2)cc1F)NC(=O)[C@@H](NC(=O)OC)C(C)(C)C(F)(F)F)C(C)(C)C(F)(F)F. The van der Waals surface area contributed by atoms with Gasteiger partial charge in [0.1, 0.15) is 30.3 Å². The average molecular weight is 1030 g/mol. The molecule has 4 atom stereocenters. The molecule has 4 amide bonds. The fourth-order valence-corrected chi connectivity index (χ4v) is 6.19. The van der Waals surface area contributed by atoms with Crippen molar-refractivity contribution >= 4 is 46.6 Å². The highest BCUT2D eigenvalue weighted by molar-refractivity contribution is 14.1. The van der Waals surface area contributed by atoms with Gasteiger partial charge in [-0.2, -0.15) is 31.4 Å². The predicted octanol–water partition coefficient (Wildman–Crippen LogP) is 6.25. The quantitative estimate of drug-likeness (QED) is 0.0561. The summed E-state index contributed by atoms with van der Waals surface area (Å²) in [7, 11) is 1.61. The van der Waals surface area contributed by atoms with E-state index in [9.17, 15) is 59.4 Å². The van der Waals surface area contributed by atoms with Crippen LogP contribution in [-0.4, -0.2) is 108 Å². The topological polar surface area (TPSA) is 176 Å². The number of hydrazine groups is 1. The number of carbonyl (C=O) groups excluding carboxylic acids is 4. The molecule has 350 valence electrons. The van der Waals surface area contributed by atoms with Crippen LogP contribution in [0.25, 0.3) is 11.3 Å². The van der Waals surface area contributed by atoms with Gasteiger partial charge in [-0.05, 0) is 92.6 Å². The molecule has 25 heteroatoms. The number of rotatable bonds is 18. The third kappa shape index (κ3) is 13.8. The van der Waals surface area contributed by atoms with Crippen LogP contribution in [0.15, 0.2) is 48.7 Å². The monoisotopic (exact) mass is 1030 g/mol. The molecule has 1 heterocycles. The number of nitrogens with zero attached hydrogens (tertiary/aromatic N) is 3. The number of ether oxygens (including phenoxy) is 2. The summed E-state index contributed by atoms with van der Waals surface area (Å²) in [5.41, 5.74) is -4.98. The lowest BCUT2D eigenvalue weighted by molar-refractivity contribution is -0.221. The van der Waals surface area contributed by atoms with E-state index in [1.54, 1.807) is 17.4 Å².